The summed E-state index contributed by atoms with van der Waals surface area (Å²) in [5.74, 6) is -1.84. The minimum absolute atomic E-state index is 0.0380. The summed E-state index contributed by atoms with van der Waals surface area (Å²) < 4.78 is 63.7. The molecule has 1 saturated heterocycles. The topological polar surface area (TPSA) is 114 Å². The lowest BCUT2D eigenvalue weighted by Crippen LogP contribution is -2.49. The molecule has 4 fully saturated rings. The molecular formula is C34H43F2N3O5S. The Morgan fingerprint density at radius 2 is 1.87 bits per heavy atom. The molecule has 2 amide bonds. The van der Waals surface area contributed by atoms with Gasteiger partial charge in [-0.3, -0.25) is 14.3 Å². The van der Waals surface area contributed by atoms with Gasteiger partial charge < -0.3 is 15.4 Å². The monoisotopic (exact) mass is 643 g/mol. The van der Waals surface area contributed by atoms with E-state index in [4.69, 9.17) is 4.74 Å². The first-order chi connectivity index (χ1) is 21.3. The Hall–Kier alpha value is -3.05. The lowest BCUT2D eigenvalue weighted by atomic mass is 9.74. The molecule has 3 saturated carbocycles. The van der Waals surface area contributed by atoms with E-state index in [0.717, 1.165) is 19.3 Å². The van der Waals surface area contributed by atoms with Gasteiger partial charge in [0.25, 0.3) is 5.91 Å². The fourth-order valence-electron chi connectivity index (χ4n) is 7.02. The van der Waals surface area contributed by atoms with Gasteiger partial charge in [-0.15, -0.1) is 0 Å². The van der Waals surface area contributed by atoms with Crippen molar-refractivity contribution in [1.82, 2.24) is 15.4 Å². The standard InChI is InChI=1S/C34H43F2N3O5S/c1-4-25-26(7-5-8-28(25)35)27-17-22(21(2)30(40)39-45(42,43)32(3)15-16-32)9-12-29(27)44-24-11-10-23(18-24)38-31(41)34(36)19-33(37-20-34)13-6-14-33/h5,7-9,12,17,21,23-24,37H,4,6,10-11,13-16,18-20H2,1-3H3,(H,38,41)(H,39,40)/t21-,23+,24+,34-/m0/s1. The van der Waals surface area contributed by atoms with Crippen LogP contribution in [0.2, 0.25) is 0 Å². The first-order valence-corrected chi connectivity index (χ1v) is 17.6. The van der Waals surface area contributed by atoms with E-state index >= 15 is 4.39 Å². The number of ether oxygens (including phenoxy) is 1. The van der Waals surface area contributed by atoms with Crippen molar-refractivity contribution >= 4 is 21.8 Å². The average Bonchev–Trinajstić information content (AvgIpc) is 3.42. The highest BCUT2D eigenvalue weighted by molar-refractivity contribution is 7.91. The predicted molar refractivity (Wildman–Crippen MR) is 168 cm³/mol. The van der Waals surface area contributed by atoms with Gasteiger partial charge in [-0.25, -0.2) is 17.2 Å². The molecule has 4 aliphatic rings. The Morgan fingerprint density at radius 3 is 2.51 bits per heavy atom. The summed E-state index contributed by atoms with van der Waals surface area (Å²) in [5.41, 5.74) is 0.150. The highest BCUT2D eigenvalue weighted by atomic mass is 32.2. The molecule has 3 aliphatic carbocycles. The second-order valence-electron chi connectivity index (χ2n) is 13.9. The van der Waals surface area contributed by atoms with Crippen molar-refractivity contribution in [1.29, 1.82) is 0 Å². The van der Waals surface area contributed by atoms with Gasteiger partial charge in [0, 0.05) is 36.5 Å². The van der Waals surface area contributed by atoms with Gasteiger partial charge in [0.15, 0.2) is 0 Å². The molecule has 11 heteroatoms. The minimum atomic E-state index is -3.80. The molecule has 1 heterocycles. The Morgan fingerprint density at radius 1 is 1.11 bits per heavy atom. The normalized spacial score (nSPS) is 27.0. The summed E-state index contributed by atoms with van der Waals surface area (Å²) >= 11 is 0. The summed E-state index contributed by atoms with van der Waals surface area (Å²) in [4.78, 5) is 26.1. The summed E-state index contributed by atoms with van der Waals surface area (Å²) in [6, 6.07) is 9.84. The third kappa shape index (κ3) is 6.10. The van der Waals surface area contributed by atoms with Crippen molar-refractivity contribution in [2.45, 2.75) is 119 Å². The molecule has 0 unspecified atom stereocenters. The Labute approximate surface area is 264 Å². The number of alkyl halides is 1. The van der Waals surface area contributed by atoms with Crippen LogP contribution in [0.15, 0.2) is 36.4 Å². The molecule has 8 nitrogen and oxygen atoms in total. The smallest absolute Gasteiger partial charge is 0.259 e. The van der Waals surface area contributed by atoms with Crippen LogP contribution in [0.1, 0.15) is 95.6 Å². The summed E-state index contributed by atoms with van der Waals surface area (Å²) in [7, 11) is -3.80. The average molecular weight is 644 g/mol. The fourth-order valence-corrected chi connectivity index (χ4v) is 8.35. The number of carbonyl (C=O) groups is 2. The maximum atomic E-state index is 15.6. The van der Waals surface area contributed by atoms with Crippen LogP contribution in [0.5, 0.6) is 5.75 Å². The van der Waals surface area contributed by atoms with E-state index in [1.54, 1.807) is 44.2 Å². The zero-order valence-electron chi connectivity index (χ0n) is 26.2. The lowest BCUT2D eigenvalue weighted by Gasteiger charge is -2.38. The molecule has 45 heavy (non-hydrogen) atoms. The molecule has 1 spiro atoms. The number of carbonyl (C=O) groups excluding carboxylic acids is 2. The molecule has 2 aromatic carbocycles. The van der Waals surface area contributed by atoms with E-state index in [0.29, 0.717) is 66.5 Å². The van der Waals surface area contributed by atoms with Crippen LogP contribution in [0.3, 0.4) is 0 Å². The van der Waals surface area contributed by atoms with Crippen LogP contribution in [-0.2, 0) is 26.0 Å². The Kier molecular flexibility index (Phi) is 8.25. The SMILES string of the molecule is CCc1c(F)cccc1-c1cc([C@H](C)C(=O)NS(=O)(=O)C2(C)CC2)ccc1O[C@@H]1CC[C@@H](NC(=O)[C@@]2(F)CNC3(CCC3)C2)C1. The van der Waals surface area contributed by atoms with Crippen LogP contribution in [0.25, 0.3) is 11.1 Å². The second-order valence-corrected chi connectivity index (χ2v) is 16.1. The van der Waals surface area contributed by atoms with Crippen LogP contribution in [0, 0.1) is 5.82 Å². The zero-order chi connectivity index (χ0) is 32.2. The molecule has 2 aromatic rings. The molecule has 6 rings (SSSR count). The van der Waals surface area contributed by atoms with Crippen molar-refractivity contribution in [3.63, 3.8) is 0 Å². The van der Waals surface area contributed by atoms with Crippen molar-refractivity contribution in [2.75, 3.05) is 6.54 Å². The van der Waals surface area contributed by atoms with Gasteiger partial charge in [0.1, 0.15) is 17.7 Å². The summed E-state index contributed by atoms with van der Waals surface area (Å²) in [6.45, 7) is 5.16. The van der Waals surface area contributed by atoms with E-state index < -0.39 is 38.2 Å². The maximum Gasteiger partial charge on any atom is 0.259 e. The number of hydrogen-bond donors (Lipinski definition) is 3. The largest absolute Gasteiger partial charge is 0.490 e. The molecular weight excluding hydrogens is 600 g/mol. The number of halogens is 2. The minimum Gasteiger partial charge on any atom is -0.490 e. The molecule has 0 radical (unpaired) electrons. The van der Waals surface area contributed by atoms with E-state index in [2.05, 4.69) is 15.4 Å². The van der Waals surface area contributed by atoms with E-state index in [1.807, 2.05) is 6.92 Å². The lowest BCUT2D eigenvalue weighted by molar-refractivity contribution is -0.133. The Balaban J connectivity index is 1.19. The number of sulfonamides is 1. The van der Waals surface area contributed by atoms with Gasteiger partial charge in [-0.1, -0.05) is 25.1 Å². The first-order valence-electron chi connectivity index (χ1n) is 16.2. The zero-order valence-corrected chi connectivity index (χ0v) is 27.0. The van der Waals surface area contributed by atoms with Gasteiger partial charge in [0.2, 0.25) is 21.6 Å². The van der Waals surface area contributed by atoms with E-state index in [-0.39, 0.29) is 36.5 Å². The molecule has 4 atom stereocenters. The fraction of sp³-hybridized carbons (Fsp3) is 0.588. The van der Waals surface area contributed by atoms with Crippen LogP contribution in [0.4, 0.5) is 8.78 Å². The van der Waals surface area contributed by atoms with Gasteiger partial charge in [-0.2, -0.15) is 0 Å². The van der Waals surface area contributed by atoms with Gasteiger partial charge >= 0.3 is 0 Å². The first kappa shape index (κ1) is 31.9. The Bertz CT molecular complexity index is 1610. The number of benzene rings is 2. The van der Waals surface area contributed by atoms with Crippen molar-refractivity contribution < 1.29 is 31.5 Å². The van der Waals surface area contributed by atoms with Crippen molar-refractivity contribution in [2.24, 2.45) is 0 Å². The number of nitrogens with one attached hydrogen (secondary N) is 3. The molecule has 0 aromatic heterocycles. The third-order valence-electron chi connectivity index (χ3n) is 10.6. The molecule has 244 valence electrons. The molecule has 3 N–H and O–H groups in total. The molecule has 0 bridgehead atoms. The summed E-state index contributed by atoms with van der Waals surface area (Å²) in [5, 5.41) is 6.17. The van der Waals surface area contributed by atoms with E-state index in [9.17, 15) is 22.4 Å². The van der Waals surface area contributed by atoms with Gasteiger partial charge in [0.05, 0.1) is 10.7 Å². The highest BCUT2D eigenvalue weighted by Crippen LogP contribution is 2.45. The second kappa shape index (κ2) is 11.6. The number of amides is 2. The maximum absolute atomic E-state index is 15.6. The van der Waals surface area contributed by atoms with Crippen LogP contribution in [-0.4, -0.2) is 54.9 Å². The quantitative estimate of drug-likeness (QED) is 0.328. The van der Waals surface area contributed by atoms with E-state index in [1.165, 1.54) is 6.07 Å². The number of hydrogen-bond acceptors (Lipinski definition) is 6. The summed E-state index contributed by atoms with van der Waals surface area (Å²) in [6.07, 6.45) is 6.04. The van der Waals surface area contributed by atoms with Crippen LogP contribution < -0.4 is 20.1 Å². The highest BCUT2D eigenvalue weighted by Gasteiger charge is 2.55. The van der Waals surface area contributed by atoms with Gasteiger partial charge in [-0.05, 0) is 100 Å². The van der Waals surface area contributed by atoms with Crippen molar-refractivity contribution in [3.05, 3.63) is 53.3 Å². The third-order valence-corrected chi connectivity index (χ3v) is 12.8. The molecule has 1 aliphatic heterocycles. The van der Waals surface area contributed by atoms with Crippen molar-refractivity contribution in [3.8, 4) is 16.9 Å². The predicted octanol–water partition coefficient (Wildman–Crippen LogP) is 5.20. The number of rotatable bonds is 10. The van der Waals surface area contributed by atoms with Crippen LogP contribution >= 0.6 is 0 Å².